The van der Waals surface area contributed by atoms with Gasteiger partial charge < -0.3 is 15.2 Å². The molecule has 4 rings (SSSR count). The first kappa shape index (κ1) is 20.6. The molecule has 0 atom stereocenters. The van der Waals surface area contributed by atoms with Crippen molar-refractivity contribution in [2.75, 3.05) is 44.2 Å². The van der Waals surface area contributed by atoms with E-state index >= 15 is 0 Å². The van der Waals surface area contributed by atoms with Crippen LogP contribution in [0.5, 0.6) is 0 Å². The Morgan fingerprint density at radius 3 is 2.80 bits per heavy atom. The number of anilines is 1. The van der Waals surface area contributed by atoms with Gasteiger partial charge in [-0.2, -0.15) is 0 Å². The van der Waals surface area contributed by atoms with Crippen LogP contribution in [0.1, 0.15) is 29.0 Å². The molecule has 2 aromatic heterocycles. The molecule has 0 radical (unpaired) electrons. The molecule has 0 bridgehead atoms. The van der Waals surface area contributed by atoms with Gasteiger partial charge in [-0.3, -0.25) is 9.69 Å². The SMILES string of the molecule is Cc1c(Cl)cccc1N1CCN(CCCCNC(=O)c2nc3ncccc3[nH]2)CC1. The molecule has 8 heteroatoms. The summed E-state index contributed by atoms with van der Waals surface area (Å²) in [4.78, 5) is 28.5. The molecule has 7 nitrogen and oxygen atoms in total. The van der Waals surface area contributed by atoms with E-state index in [1.165, 1.54) is 5.69 Å². The van der Waals surface area contributed by atoms with E-state index < -0.39 is 0 Å². The number of unbranched alkanes of at least 4 members (excludes halogenated alkanes) is 1. The fourth-order valence-corrected chi connectivity index (χ4v) is 4.02. The van der Waals surface area contributed by atoms with Crippen molar-refractivity contribution in [2.45, 2.75) is 19.8 Å². The van der Waals surface area contributed by atoms with E-state index in [2.05, 4.69) is 43.1 Å². The largest absolute Gasteiger partial charge is 0.369 e. The van der Waals surface area contributed by atoms with Crippen LogP contribution in [0.3, 0.4) is 0 Å². The highest BCUT2D eigenvalue weighted by Gasteiger charge is 2.18. The number of carbonyl (C=O) groups excluding carboxylic acids is 1. The number of hydrogen-bond donors (Lipinski definition) is 2. The molecule has 1 saturated heterocycles. The number of aromatic nitrogens is 3. The zero-order valence-corrected chi connectivity index (χ0v) is 18.0. The van der Waals surface area contributed by atoms with Crippen molar-refractivity contribution < 1.29 is 4.79 Å². The maximum atomic E-state index is 12.2. The van der Waals surface area contributed by atoms with Gasteiger partial charge in [0.1, 0.15) is 0 Å². The molecule has 1 aromatic carbocycles. The average molecular weight is 427 g/mol. The van der Waals surface area contributed by atoms with Crippen molar-refractivity contribution in [3.63, 3.8) is 0 Å². The summed E-state index contributed by atoms with van der Waals surface area (Å²) in [6.45, 7) is 7.89. The Morgan fingerprint density at radius 2 is 2.00 bits per heavy atom. The molecule has 0 spiro atoms. The molecule has 3 aromatic rings. The van der Waals surface area contributed by atoms with Crippen molar-refractivity contribution in [2.24, 2.45) is 0 Å². The Labute approximate surface area is 181 Å². The molecule has 158 valence electrons. The Morgan fingerprint density at radius 1 is 1.17 bits per heavy atom. The third-order valence-corrected chi connectivity index (χ3v) is 6.02. The van der Waals surface area contributed by atoms with Crippen molar-refractivity contribution >= 4 is 34.4 Å². The standard InChI is InChI=1S/C22H27ClN6O/c1-16-17(23)6-4-8-19(16)29-14-12-28(13-15-29)11-3-2-9-25-22(30)21-26-18-7-5-10-24-20(18)27-21/h4-8,10H,2-3,9,11-15H2,1H3,(H,25,30)(H,24,26,27). The number of hydrogen-bond acceptors (Lipinski definition) is 5. The number of amides is 1. The summed E-state index contributed by atoms with van der Waals surface area (Å²) in [6, 6.07) is 9.79. The lowest BCUT2D eigenvalue weighted by atomic mass is 10.1. The van der Waals surface area contributed by atoms with Crippen molar-refractivity contribution in [1.29, 1.82) is 0 Å². The second-order valence-electron chi connectivity index (χ2n) is 7.64. The third kappa shape index (κ3) is 4.74. The number of benzene rings is 1. The second kappa shape index (κ2) is 9.45. The van der Waals surface area contributed by atoms with Crippen LogP contribution in [0.25, 0.3) is 11.2 Å². The quantitative estimate of drug-likeness (QED) is 0.567. The predicted molar refractivity (Wildman–Crippen MR) is 120 cm³/mol. The van der Waals surface area contributed by atoms with Gasteiger partial charge in [0.05, 0.1) is 5.52 Å². The van der Waals surface area contributed by atoms with E-state index in [9.17, 15) is 4.79 Å². The van der Waals surface area contributed by atoms with Gasteiger partial charge in [0.25, 0.3) is 5.91 Å². The van der Waals surface area contributed by atoms with E-state index in [-0.39, 0.29) is 5.91 Å². The summed E-state index contributed by atoms with van der Waals surface area (Å²) in [5.41, 5.74) is 3.73. The molecule has 1 aliphatic heterocycles. The first-order valence-electron chi connectivity index (χ1n) is 10.4. The number of carbonyl (C=O) groups is 1. The number of nitrogens with zero attached hydrogens (tertiary/aromatic N) is 4. The lowest BCUT2D eigenvalue weighted by Gasteiger charge is -2.37. The fourth-order valence-electron chi connectivity index (χ4n) is 3.85. The average Bonchev–Trinajstić information content (AvgIpc) is 3.20. The van der Waals surface area contributed by atoms with Crippen LogP contribution >= 0.6 is 11.6 Å². The Balaban J connectivity index is 1.15. The van der Waals surface area contributed by atoms with Gasteiger partial charge in [0.15, 0.2) is 11.5 Å². The number of imidazole rings is 1. The number of pyridine rings is 1. The molecule has 1 aliphatic rings. The molecule has 0 aliphatic carbocycles. The summed E-state index contributed by atoms with van der Waals surface area (Å²) < 4.78 is 0. The molecule has 2 N–H and O–H groups in total. The summed E-state index contributed by atoms with van der Waals surface area (Å²) in [5.74, 6) is 0.134. The highest BCUT2D eigenvalue weighted by Crippen LogP contribution is 2.27. The molecule has 3 heterocycles. The number of halogens is 1. The van der Waals surface area contributed by atoms with E-state index in [1.54, 1.807) is 6.20 Å². The van der Waals surface area contributed by atoms with E-state index in [0.29, 0.717) is 18.0 Å². The van der Waals surface area contributed by atoms with Gasteiger partial charge in [0.2, 0.25) is 0 Å². The van der Waals surface area contributed by atoms with Crippen LogP contribution in [0.2, 0.25) is 5.02 Å². The van der Waals surface area contributed by atoms with Crippen LogP contribution in [0.4, 0.5) is 5.69 Å². The van der Waals surface area contributed by atoms with Gasteiger partial charge in [-0.25, -0.2) is 9.97 Å². The third-order valence-electron chi connectivity index (χ3n) is 5.61. The summed E-state index contributed by atoms with van der Waals surface area (Å²) in [7, 11) is 0. The summed E-state index contributed by atoms with van der Waals surface area (Å²) in [5, 5.41) is 3.77. The molecule has 1 fully saturated rings. The highest BCUT2D eigenvalue weighted by atomic mass is 35.5. The van der Waals surface area contributed by atoms with Crippen LogP contribution in [0, 0.1) is 6.92 Å². The minimum absolute atomic E-state index is 0.182. The van der Waals surface area contributed by atoms with Crippen LogP contribution in [-0.2, 0) is 0 Å². The maximum absolute atomic E-state index is 12.2. The van der Waals surface area contributed by atoms with E-state index in [4.69, 9.17) is 11.6 Å². The molecule has 1 amide bonds. The number of fused-ring (bicyclic) bond motifs is 1. The van der Waals surface area contributed by atoms with Gasteiger partial charge in [0, 0.05) is 49.6 Å². The number of aromatic amines is 1. The van der Waals surface area contributed by atoms with E-state index in [1.807, 2.05) is 24.3 Å². The predicted octanol–water partition coefficient (Wildman–Crippen LogP) is 3.25. The van der Waals surface area contributed by atoms with Crippen LogP contribution < -0.4 is 10.2 Å². The zero-order chi connectivity index (χ0) is 20.9. The molecule has 0 unspecified atom stereocenters. The maximum Gasteiger partial charge on any atom is 0.287 e. The fraction of sp³-hybridized carbons (Fsp3) is 0.409. The number of H-pyrrole nitrogens is 1. The lowest BCUT2D eigenvalue weighted by Crippen LogP contribution is -2.46. The normalized spacial score (nSPS) is 14.9. The van der Waals surface area contributed by atoms with E-state index in [0.717, 1.165) is 61.7 Å². The van der Waals surface area contributed by atoms with Crippen molar-refractivity contribution in [1.82, 2.24) is 25.2 Å². The minimum Gasteiger partial charge on any atom is -0.369 e. The highest BCUT2D eigenvalue weighted by molar-refractivity contribution is 6.31. The topological polar surface area (TPSA) is 77.2 Å². The monoisotopic (exact) mass is 426 g/mol. The number of piperazine rings is 1. The van der Waals surface area contributed by atoms with Crippen molar-refractivity contribution in [3.8, 4) is 0 Å². The van der Waals surface area contributed by atoms with Gasteiger partial charge in [-0.15, -0.1) is 0 Å². The Hall–Kier alpha value is -2.64. The zero-order valence-electron chi connectivity index (χ0n) is 17.2. The lowest BCUT2D eigenvalue weighted by molar-refractivity contribution is 0.0943. The first-order chi connectivity index (χ1) is 14.6. The molecular formula is C22H27ClN6O. The number of rotatable bonds is 7. The number of nitrogens with one attached hydrogen (secondary N) is 2. The minimum atomic E-state index is -0.182. The van der Waals surface area contributed by atoms with Crippen LogP contribution in [-0.4, -0.2) is 65.0 Å². The molecular weight excluding hydrogens is 400 g/mol. The molecule has 0 saturated carbocycles. The summed E-state index contributed by atoms with van der Waals surface area (Å²) >= 11 is 6.27. The van der Waals surface area contributed by atoms with Gasteiger partial charge in [-0.1, -0.05) is 17.7 Å². The van der Waals surface area contributed by atoms with Crippen molar-refractivity contribution in [3.05, 3.63) is 52.9 Å². The Kier molecular flexibility index (Phi) is 6.50. The molecule has 30 heavy (non-hydrogen) atoms. The van der Waals surface area contributed by atoms with Gasteiger partial charge >= 0.3 is 0 Å². The second-order valence-corrected chi connectivity index (χ2v) is 8.04. The Bertz CT molecular complexity index is 979. The first-order valence-corrected chi connectivity index (χ1v) is 10.8. The summed E-state index contributed by atoms with van der Waals surface area (Å²) in [6.07, 6.45) is 3.66. The van der Waals surface area contributed by atoms with Crippen LogP contribution in [0.15, 0.2) is 36.5 Å². The van der Waals surface area contributed by atoms with Gasteiger partial charge in [-0.05, 0) is 56.1 Å². The smallest absolute Gasteiger partial charge is 0.287 e.